The van der Waals surface area contributed by atoms with Gasteiger partial charge in [-0.15, -0.1) is 11.3 Å². The number of halogens is 2. The van der Waals surface area contributed by atoms with E-state index in [4.69, 9.17) is 4.74 Å². The second kappa shape index (κ2) is 5.99. The van der Waals surface area contributed by atoms with E-state index in [1.807, 2.05) is 37.3 Å². The molecule has 0 saturated heterocycles. The Labute approximate surface area is 126 Å². The number of benzene rings is 1. The molecular formula is C13H10Br2O2S. The summed E-state index contributed by atoms with van der Waals surface area (Å²) in [5.74, 6) is 0.648. The molecule has 1 aromatic heterocycles. The highest BCUT2D eigenvalue weighted by Gasteiger charge is 2.12. The highest BCUT2D eigenvalue weighted by molar-refractivity contribution is 9.11. The van der Waals surface area contributed by atoms with Crippen molar-refractivity contribution in [3.8, 4) is 5.75 Å². The number of aryl methyl sites for hydroxylation is 1. The minimum absolute atomic E-state index is 0.00393. The smallest absolute Gasteiger partial charge is 0.210 e. The van der Waals surface area contributed by atoms with Crippen LogP contribution in [0.25, 0.3) is 0 Å². The van der Waals surface area contributed by atoms with Crippen LogP contribution < -0.4 is 4.74 Å². The Hall–Kier alpha value is -0.650. The molecule has 2 nitrogen and oxygen atoms in total. The van der Waals surface area contributed by atoms with Crippen molar-refractivity contribution in [3.63, 3.8) is 0 Å². The molecule has 0 fully saturated rings. The van der Waals surface area contributed by atoms with Crippen molar-refractivity contribution in [2.24, 2.45) is 0 Å². The molecule has 0 aliphatic carbocycles. The van der Waals surface area contributed by atoms with E-state index >= 15 is 0 Å². The second-order valence-electron chi connectivity index (χ2n) is 3.67. The molecule has 0 bridgehead atoms. The molecule has 18 heavy (non-hydrogen) atoms. The fourth-order valence-corrected chi connectivity index (χ4v) is 3.43. The van der Waals surface area contributed by atoms with Crippen LogP contribution in [-0.2, 0) is 0 Å². The van der Waals surface area contributed by atoms with Gasteiger partial charge in [0.2, 0.25) is 5.78 Å². The van der Waals surface area contributed by atoms with Crippen LogP contribution in [0.4, 0.5) is 0 Å². The number of carbonyl (C=O) groups is 1. The Balaban J connectivity index is 2.06. The number of rotatable bonds is 4. The first-order valence-electron chi connectivity index (χ1n) is 5.24. The third-order valence-corrected chi connectivity index (χ3v) is 4.57. The van der Waals surface area contributed by atoms with Crippen molar-refractivity contribution in [3.05, 3.63) is 49.0 Å². The summed E-state index contributed by atoms with van der Waals surface area (Å²) >= 11 is 8.27. The maximum Gasteiger partial charge on any atom is 0.210 e. The maximum atomic E-state index is 11.9. The number of para-hydroxylation sites is 1. The van der Waals surface area contributed by atoms with Crippen LogP contribution >= 0.6 is 43.2 Å². The minimum Gasteiger partial charge on any atom is -0.483 e. The van der Waals surface area contributed by atoms with Gasteiger partial charge in [0, 0.05) is 4.88 Å². The summed E-state index contributed by atoms with van der Waals surface area (Å²) in [4.78, 5) is 13.8. The molecule has 0 saturated carbocycles. The molecule has 1 heterocycles. The zero-order valence-corrected chi connectivity index (χ0v) is 13.6. The summed E-state index contributed by atoms with van der Waals surface area (Å²) < 4.78 is 7.21. The van der Waals surface area contributed by atoms with Crippen molar-refractivity contribution >= 4 is 49.0 Å². The van der Waals surface area contributed by atoms with E-state index in [9.17, 15) is 4.79 Å². The van der Waals surface area contributed by atoms with Gasteiger partial charge < -0.3 is 4.74 Å². The van der Waals surface area contributed by atoms with E-state index in [1.165, 1.54) is 11.3 Å². The zero-order valence-electron chi connectivity index (χ0n) is 9.57. The van der Waals surface area contributed by atoms with Gasteiger partial charge in [-0.05, 0) is 63.0 Å². The average Bonchev–Trinajstić information content (AvgIpc) is 2.75. The van der Waals surface area contributed by atoms with Crippen LogP contribution in [0, 0.1) is 6.92 Å². The fourth-order valence-electron chi connectivity index (χ4n) is 1.41. The maximum absolute atomic E-state index is 11.9. The molecule has 5 heteroatoms. The minimum atomic E-state index is -0.00393. The van der Waals surface area contributed by atoms with Crippen LogP contribution in [0.2, 0.25) is 0 Å². The number of carbonyl (C=O) groups excluding carboxylic acids is 1. The Morgan fingerprint density at radius 2 is 1.89 bits per heavy atom. The standard InChI is InChI=1S/C13H10Br2O2S/c1-8-5-6-12(18-8)11(16)7-17-13-9(14)3-2-4-10(13)15/h2-6H,7H2,1H3. The van der Waals surface area contributed by atoms with Gasteiger partial charge in [0.05, 0.1) is 13.8 Å². The third-order valence-electron chi connectivity index (χ3n) is 2.28. The second-order valence-corrected chi connectivity index (χ2v) is 6.67. The quantitative estimate of drug-likeness (QED) is 0.699. The number of hydrogen-bond acceptors (Lipinski definition) is 3. The van der Waals surface area contributed by atoms with Gasteiger partial charge >= 0.3 is 0 Å². The summed E-state index contributed by atoms with van der Waals surface area (Å²) in [5, 5.41) is 0. The monoisotopic (exact) mass is 388 g/mol. The summed E-state index contributed by atoms with van der Waals surface area (Å²) in [7, 11) is 0. The Morgan fingerprint density at radius 1 is 1.22 bits per heavy atom. The third kappa shape index (κ3) is 3.22. The Morgan fingerprint density at radius 3 is 2.44 bits per heavy atom. The first-order chi connectivity index (χ1) is 8.58. The van der Waals surface area contributed by atoms with E-state index < -0.39 is 0 Å². The number of thiophene rings is 1. The van der Waals surface area contributed by atoms with Gasteiger partial charge in [0.15, 0.2) is 6.61 Å². The van der Waals surface area contributed by atoms with Gasteiger partial charge in [-0.1, -0.05) is 6.07 Å². The number of ether oxygens (including phenoxy) is 1. The molecule has 0 unspecified atom stereocenters. The van der Waals surface area contributed by atoms with Crippen LogP contribution in [0.5, 0.6) is 5.75 Å². The summed E-state index contributed by atoms with van der Waals surface area (Å²) in [6.45, 7) is 2.02. The van der Waals surface area contributed by atoms with E-state index in [2.05, 4.69) is 31.9 Å². The molecule has 0 atom stereocenters. The van der Waals surface area contributed by atoms with Crippen LogP contribution in [-0.4, -0.2) is 12.4 Å². The van der Waals surface area contributed by atoms with E-state index in [0.29, 0.717) is 5.75 Å². The lowest BCUT2D eigenvalue weighted by Crippen LogP contribution is -2.10. The SMILES string of the molecule is Cc1ccc(C(=O)COc2c(Br)cccc2Br)s1. The number of ketones is 1. The lowest BCUT2D eigenvalue weighted by atomic mass is 10.3. The molecule has 0 aliphatic heterocycles. The van der Waals surface area contributed by atoms with Crippen molar-refractivity contribution in [1.29, 1.82) is 0 Å². The van der Waals surface area contributed by atoms with E-state index in [1.54, 1.807) is 0 Å². The Kier molecular flexibility index (Phi) is 4.59. The summed E-state index contributed by atoms with van der Waals surface area (Å²) in [6, 6.07) is 9.41. The van der Waals surface area contributed by atoms with Gasteiger partial charge in [-0.3, -0.25) is 4.79 Å². The summed E-state index contributed by atoms with van der Waals surface area (Å²) in [6.07, 6.45) is 0. The van der Waals surface area contributed by atoms with E-state index in [0.717, 1.165) is 18.7 Å². The molecule has 0 spiro atoms. The van der Waals surface area contributed by atoms with Gasteiger partial charge in [-0.25, -0.2) is 0 Å². The van der Waals surface area contributed by atoms with Crippen LogP contribution in [0.3, 0.4) is 0 Å². The molecular weight excluding hydrogens is 380 g/mol. The zero-order chi connectivity index (χ0) is 13.1. The fraction of sp³-hybridized carbons (Fsp3) is 0.154. The normalized spacial score (nSPS) is 10.4. The first-order valence-corrected chi connectivity index (χ1v) is 7.64. The molecule has 0 amide bonds. The van der Waals surface area contributed by atoms with Gasteiger partial charge in [0.25, 0.3) is 0 Å². The lowest BCUT2D eigenvalue weighted by molar-refractivity contribution is 0.0924. The average molecular weight is 390 g/mol. The van der Waals surface area contributed by atoms with Crippen LogP contribution in [0.1, 0.15) is 14.5 Å². The molecule has 1 aromatic carbocycles. The molecule has 2 rings (SSSR count). The summed E-state index contributed by atoms with van der Waals surface area (Å²) in [5.41, 5.74) is 0. The van der Waals surface area contributed by atoms with Crippen molar-refractivity contribution in [1.82, 2.24) is 0 Å². The number of Topliss-reactive ketones (excluding diaryl/α,β-unsaturated/α-hetero) is 1. The first kappa shape index (κ1) is 13.8. The molecule has 0 N–H and O–H groups in total. The van der Waals surface area contributed by atoms with E-state index in [-0.39, 0.29) is 12.4 Å². The Bertz CT molecular complexity index is 558. The number of hydrogen-bond donors (Lipinski definition) is 0. The molecule has 94 valence electrons. The van der Waals surface area contributed by atoms with Gasteiger partial charge in [-0.2, -0.15) is 0 Å². The molecule has 0 radical (unpaired) electrons. The molecule has 0 aliphatic rings. The lowest BCUT2D eigenvalue weighted by Gasteiger charge is -2.08. The largest absolute Gasteiger partial charge is 0.483 e. The van der Waals surface area contributed by atoms with Gasteiger partial charge in [0.1, 0.15) is 5.75 Å². The van der Waals surface area contributed by atoms with Crippen LogP contribution in [0.15, 0.2) is 39.3 Å². The topological polar surface area (TPSA) is 26.3 Å². The predicted octanol–water partition coefficient (Wildman–Crippen LogP) is 4.84. The highest BCUT2D eigenvalue weighted by Crippen LogP contribution is 2.33. The predicted molar refractivity (Wildman–Crippen MR) is 80.7 cm³/mol. The highest BCUT2D eigenvalue weighted by atomic mass is 79.9. The molecule has 2 aromatic rings. The van der Waals surface area contributed by atoms with Crippen molar-refractivity contribution < 1.29 is 9.53 Å². The van der Waals surface area contributed by atoms with Crippen molar-refractivity contribution in [2.75, 3.05) is 6.61 Å². The van der Waals surface area contributed by atoms with Crippen molar-refractivity contribution in [2.45, 2.75) is 6.92 Å².